The summed E-state index contributed by atoms with van der Waals surface area (Å²) < 4.78 is 28.9. The number of alkyl halides is 1. The van der Waals surface area contributed by atoms with Gasteiger partial charge in [-0.25, -0.2) is 8.78 Å². The summed E-state index contributed by atoms with van der Waals surface area (Å²) in [5.41, 5.74) is 5.21. The van der Waals surface area contributed by atoms with E-state index in [0.29, 0.717) is 49.9 Å². The monoisotopic (exact) mass is 581 g/mol. The SMILES string of the molecule is C=C(F)C(=O)Cc1ccc2c(-c3ccccc3CNc3nc(N4CCC(F)CC4)nc4c(C(C)C)cnn34)nccc2c1. The number of benzene rings is 2. The Kier molecular flexibility index (Phi) is 7.84. The van der Waals surface area contributed by atoms with Crippen LogP contribution in [0.3, 0.4) is 0 Å². The van der Waals surface area contributed by atoms with Crippen molar-refractivity contribution in [3.8, 4) is 11.3 Å². The highest BCUT2D eigenvalue weighted by Gasteiger charge is 2.23. The summed E-state index contributed by atoms with van der Waals surface area (Å²) in [6.07, 6.45) is 3.65. The van der Waals surface area contributed by atoms with E-state index >= 15 is 0 Å². The molecule has 43 heavy (non-hydrogen) atoms. The fourth-order valence-corrected chi connectivity index (χ4v) is 5.51. The van der Waals surface area contributed by atoms with Crippen molar-refractivity contribution in [1.82, 2.24) is 24.6 Å². The number of piperidine rings is 1. The lowest BCUT2D eigenvalue weighted by atomic mass is 9.97. The number of nitrogens with one attached hydrogen (secondary N) is 1. The fourth-order valence-electron chi connectivity index (χ4n) is 5.51. The molecule has 0 bridgehead atoms. The number of hydrogen-bond donors (Lipinski definition) is 1. The Balaban J connectivity index is 1.33. The van der Waals surface area contributed by atoms with Gasteiger partial charge in [-0.3, -0.25) is 9.78 Å². The van der Waals surface area contributed by atoms with Crippen LogP contribution in [0.15, 0.2) is 73.3 Å². The number of allylic oxidation sites excluding steroid dienone is 1. The molecular formula is C33H33F2N7O. The van der Waals surface area contributed by atoms with Crippen LogP contribution in [0.1, 0.15) is 49.3 Å². The lowest BCUT2D eigenvalue weighted by molar-refractivity contribution is -0.116. The summed E-state index contributed by atoms with van der Waals surface area (Å²) in [5.74, 6) is -0.226. The van der Waals surface area contributed by atoms with Crippen LogP contribution in [0.25, 0.3) is 27.7 Å². The van der Waals surface area contributed by atoms with Crippen molar-refractivity contribution in [3.63, 3.8) is 0 Å². The van der Waals surface area contributed by atoms with Crippen molar-refractivity contribution in [1.29, 1.82) is 0 Å². The van der Waals surface area contributed by atoms with Gasteiger partial charge in [0.05, 0.1) is 11.9 Å². The molecule has 0 aliphatic carbocycles. The van der Waals surface area contributed by atoms with Gasteiger partial charge in [-0.05, 0) is 41.3 Å². The van der Waals surface area contributed by atoms with Crippen LogP contribution in [0, 0.1) is 0 Å². The molecule has 3 aromatic heterocycles. The van der Waals surface area contributed by atoms with Crippen LogP contribution < -0.4 is 10.2 Å². The largest absolute Gasteiger partial charge is 0.350 e. The molecule has 220 valence electrons. The minimum Gasteiger partial charge on any atom is -0.350 e. The van der Waals surface area contributed by atoms with Gasteiger partial charge in [-0.1, -0.05) is 62.9 Å². The van der Waals surface area contributed by atoms with Crippen LogP contribution in [-0.4, -0.2) is 49.6 Å². The average molecular weight is 582 g/mol. The molecule has 8 nitrogen and oxygen atoms in total. The van der Waals surface area contributed by atoms with Gasteiger partial charge < -0.3 is 10.2 Å². The van der Waals surface area contributed by atoms with E-state index in [2.05, 4.69) is 30.8 Å². The molecule has 1 fully saturated rings. The van der Waals surface area contributed by atoms with Crippen molar-refractivity contribution in [3.05, 3.63) is 90.0 Å². The second-order valence-electron chi connectivity index (χ2n) is 11.2. The number of aromatic nitrogens is 5. The van der Waals surface area contributed by atoms with Crippen molar-refractivity contribution in [2.75, 3.05) is 23.3 Å². The summed E-state index contributed by atoms with van der Waals surface area (Å²) in [6.45, 7) is 8.89. The number of fused-ring (bicyclic) bond motifs is 2. The second kappa shape index (κ2) is 11.9. The van der Waals surface area contributed by atoms with Gasteiger partial charge in [-0.15, -0.1) is 0 Å². The number of carbonyl (C=O) groups is 1. The number of hydrogen-bond acceptors (Lipinski definition) is 7. The molecule has 1 saturated heterocycles. The Morgan fingerprint density at radius 3 is 2.67 bits per heavy atom. The van der Waals surface area contributed by atoms with E-state index in [9.17, 15) is 13.6 Å². The lowest BCUT2D eigenvalue weighted by Crippen LogP contribution is -2.35. The third kappa shape index (κ3) is 5.82. The first kappa shape index (κ1) is 28.4. The van der Waals surface area contributed by atoms with Crippen LogP contribution in [0.2, 0.25) is 0 Å². The topological polar surface area (TPSA) is 88.3 Å². The predicted octanol–water partition coefficient (Wildman–Crippen LogP) is 6.61. The average Bonchev–Trinajstić information content (AvgIpc) is 3.45. The molecular weight excluding hydrogens is 548 g/mol. The molecule has 10 heteroatoms. The molecule has 1 N–H and O–H groups in total. The van der Waals surface area contributed by atoms with Crippen LogP contribution in [-0.2, 0) is 17.8 Å². The first-order valence-electron chi connectivity index (χ1n) is 14.5. The van der Waals surface area contributed by atoms with Crippen LogP contribution in [0.5, 0.6) is 0 Å². The number of carbonyl (C=O) groups excluding carboxylic acids is 1. The standard InChI is InChI=1S/C33H33F2N7O/c1-20(2)28-19-38-42-31(28)39-33(41-14-11-25(35)12-15-41)40-32(42)37-18-24-6-4-5-7-26(24)30-27-9-8-22(17-29(43)21(3)34)16-23(27)10-13-36-30/h4-10,13,16,19-20,25H,3,11-12,14-15,17-18H2,1-2H3,(H,37,39,40). The summed E-state index contributed by atoms with van der Waals surface area (Å²) in [6, 6.07) is 15.5. The van der Waals surface area contributed by atoms with Gasteiger partial charge >= 0.3 is 0 Å². The van der Waals surface area contributed by atoms with Gasteiger partial charge in [0.2, 0.25) is 11.9 Å². The van der Waals surface area contributed by atoms with Gasteiger partial charge in [0.1, 0.15) is 6.17 Å². The van der Waals surface area contributed by atoms with E-state index < -0.39 is 17.8 Å². The van der Waals surface area contributed by atoms with E-state index in [4.69, 9.17) is 15.0 Å². The zero-order valence-corrected chi connectivity index (χ0v) is 24.2. The minimum atomic E-state index is -0.940. The molecule has 1 aliphatic rings. The minimum absolute atomic E-state index is 0.0451. The Morgan fingerprint density at radius 2 is 1.91 bits per heavy atom. The maximum atomic E-state index is 13.9. The summed E-state index contributed by atoms with van der Waals surface area (Å²) >= 11 is 0. The Hall–Kier alpha value is -4.73. The third-order valence-corrected chi connectivity index (χ3v) is 7.92. The molecule has 4 heterocycles. The molecule has 1 aliphatic heterocycles. The highest BCUT2D eigenvalue weighted by Crippen LogP contribution is 2.31. The molecule has 0 amide bonds. The van der Waals surface area contributed by atoms with Gasteiger partial charge in [0.25, 0.3) is 0 Å². The molecule has 6 rings (SSSR count). The van der Waals surface area contributed by atoms with Crippen molar-refractivity contribution in [2.24, 2.45) is 0 Å². The second-order valence-corrected chi connectivity index (χ2v) is 11.2. The molecule has 2 aromatic carbocycles. The maximum absolute atomic E-state index is 13.9. The van der Waals surface area contributed by atoms with Crippen molar-refractivity contribution in [2.45, 2.75) is 51.7 Å². The highest BCUT2D eigenvalue weighted by molar-refractivity contribution is 5.98. The van der Waals surface area contributed by atoms with E-state index in [1.54, 1.807) is 10.7 Å². The van der Waals surface area contributed by atoms with Crippen LogP contribution in [0.4, 0.5) is 20.7 Å². The molecule has 0 saturated carbocycles. The maximum Gasteiger partial charge on any atom is 0.230 e. The third-order valence-electron chi connectivity index (χ3n) is 7.92. The smallest absolute Gasteiger partial charge is 0.230 e. The fraction of sp³-hybridized carbons (Fsp3) is 0.303. The number of rotatable bonds is 9. The van der Waals surface area contributed by atoms with Gasteiger partial charge in [0.15, 0.2) is 17.3 Å². The molecule has 0 unspecified atom stereocenters. The molecule has 0 atom stereocenters. The lowest BCUT2D eigenvalue weighted by Gasteiger charge is -2.29. The van der Waals surface area contributed by atoms with Crippen LogP contribution >= 0.6 is 0 Å². The number of nitrogens with zero attached hydrogens (tertiary/aromatic N) is 6. The highest BCUT2D eigenvalue weighted by atomic mass is 19.1. The van der Waals surface area contributed by atoms with E-state index in [1.165, 1.54) is 0 Å². The zero-order chi connectivity index (χ0) is 30.1. The number of pyridine rings is 1. The van der Waals surface area contributed by atoms with Gasteiger partial charge in [0, 0.05) is 48.8 Å². The predicted molar refractivity (Wildman–Crippen MR) is 165 cm³/mol. The van der Waals surface area contributed by atoms with E-state index in [-0.39, 0.29) is 12.3 Å². The summed E-state index contributed by atoms with van der Waals surface area (Å²) in [7, 11) is 0. The molecule has 0 radical (unpaired) electrons. The summed E-state index contributed by atoms with van der Waals surface area (Å²) in [5, 5.41) is 9.90. The quantitative estimate of drug-likeness (QED) is 0.196. The molecule has 5 aromatic rings. The first-order valence-corrected chi connectivity index (χ1v) is 14.5. The Bertz CT molecular complexity index is 1830. The zero-order valence-electron chi connectivity index (χ0n) is 24.2. The normalized spacial score (nSPS) is 14.1. The Labute approximate surface area is 248 Å². The van der Waals surface area contributed by atoms with E-state index in [0.717, 1.165) is 38.8 Å². The van der Waals surface area contributed by atoms with Crippen molar-refractivity contribution < 1.29 is 13.6 Å². The number of ketones is 1. The Morgan fingerprint density at radius 1 is 1.12 bits per heavy atom. The summed E-state index contributed by atoms with van der Waals surface area (Å²) in [4.78, 5) is 28.3. The first-order chi connectivity index (χ1) is 20.8. The molecule has 0 spiro atoms. The van der Waals surface area contributed by atoms with Gasteiger partial charge in [-0.2, -0.15) is 19.6 Å². The number of halogens is 2. The number of Topliss-reactive ketones (excluding diaryl/α,β-unsaturated/α-hetero) is 1. The van der Waals surface area contributed by atoms with Crippen molar-refractivity contribution >= 4 is 34.1 Å². The van der Waals surface area contributed by atoms with E-state index in [1.807, 2.05) is 59.6 Å². The number of anilines is 2.